The maximum Gasteiger partial charge on any atom is 0.229 e. The maximum atomic E-state index is 11.5. The van der Waals surface area contributed by atoms with Gasteiger partial charge in [-0.1, -0.05) is 29.8 Å². The molecule has 0 radical (unpaired) electrons. The standard InChI is InChI=1S/C20H19ClN4O/c1-12-9-13(2)19(17(21)10-12)24-18-7-8-22-20(25-18)23-16-6-4-5-15(11-16)14(3)26/h4-11H,1-3H3,(H2,22,23,24,25). The molecule has 0 aliphatic carbocycles. The molecule has 5 nitrogen and oxygen atoms in total. The van der Waals surface area contributed by atoms with Gasteiger partial charge in [0.1, 0.15) is 5.82 Å². The monoisotopic (exact) mass is 366 g/mol. The van der Waals surface area contributed by atoms with Crippen molar-refractivity contribution in [2.45, 2.75) is 20.8 Å². The summed E-state index contributed by atoms with van der Waals surface area (Å²) in [7, 11) is 0. The molecule has 0 aliphatic heterocycles. The van der Waals surface area contributed by atoms with Gasteiger partial charge in [0.2, 0.25) is 5.95 Å². The molecule has 3 aromatic rings. The Morgan fingerprint density at radius 3 is 2.62 bits per heavy atom. The molecular weight excluding hydrogens is 348 g/mol. The molecule has 2 N–H and O–H groups in total. The van der Waals surface area contributed by atoms with Crippen LogP contribution in [-0.2, 0) is 0 Å². The number of ketones is 1. The Morgan fingerprint density at radius 2 is 1.88 bits per heavy atom. The summed E-state index contributed by atoms with van der Waals surface area (Å²) < 4.78 is 0. The molecule has 0 spiro atoms. The van der Waals surface area contributed by atoms with Crippen molar-refractivity contribution in [3.05, 3.63) is 70.4 Å². The second-order valence-corrected chi connectivity index (χ2v) is 6.50. The van der Waals surface area contributed by atoms with Gasteiger partial charge in [-0.05, 0) is 56.2 Å². The quantitative estimate of drug-likeness (QED) is 0.589. The topological polar surface area (TPSA) is 66.9 Å². The van der Waals surface area contributed by atoms with Crippen LogP contribution in [0.5, 0.6) is 0 Å². The molecular formula is C20H19ClN4O. The summed E-state index contributed by atoms with van der Waals surface area (Å²) in [5.41, 5.74) is 4.34. The second-order valence-electron chi connectivity index (χ2n) is 6.09. The van der Waals surface area contributed by atoms with Crippen molar-refractivity contribution in [3.63, 3.8) is 0 Å². The van der Waals surface area contributed by atoms with Gasteiger partial charge in [0.25, 0.3) is 0 Å². The number of benzene rings is 2. The lowest BCUT2D eigenvalue weighted by Crippen LogP contribution is -2.02. The smallest absolute Gasteiger partial charge is 0.229 e. The minimum absolute atomic E-state index is 0.00877. The van der Waals surface area contributed by atoms with E-state index in [1.54, 1.807) is 24.4 Å². The number of aromatic nitrogens is 2. The first-order valence-electron chi connectivity index (χ1n) is 8.17. The molecule has 132 valence electrons. The SMILES string of the molecule is CC(=O)c1cccc(Nc2nccc(Nc3c(C)cc(C)cc3Cl)n2)c1. The van der Waals surface area contributed by atoms with E-state index in [1.807, 2.05) is 32.0 Å². The van der Waals surface area contributed by atoms with Crippen LogP contribution >= 0.6 is 11.6 Å². The number of rotatable bonds is 5. The third kappa shape index (κ3) is 4.18. The molecule has 0 saturated heterocycles. The molecule has 6 heteroatoms. The van der Waals surface area contributed by atoms with Crippen LogP contribution in [0.15, 0.2) is 48.7 Å². The van der Waals surface area contributed by atoms with E-state index in [1.165, 1.54) is 6.92 Å². The Labute approximate surface area is 157 Å². The number of halogens is 1. The molecule has 0 fully saturated rings. The highest BCUT2D eigenvalue weighted by atomic mass is 35.5. The van der Waals surface area contributed by atoms with Crippen LogP contribution < -0.4 is 10.6 Å². The number of aryl methyl sites for hydroxylation is 2. The fourth-order valence-electron chi connectivity index (χ4n) is 2.64. The van der Waals surface area contributed by atoms with Crippen molar-refractivity contribution in [1.82, 2.24) is 9.97 Å². The third-order valence-corrected chi connectivity index (χ3v) is 4.16. The van der Waals surface area contributed by atoms with Crippen molar-refractivity contribution in [3.8, 4) is 0 Å². The highest BCUT2D eigenvalue weighted by molar-refractivity contribution is 6.33. The van der Waals surface area contributed by atoms with Crippen LogP contribution in [0.3, 0.4) is 0 Å². The Balaban J connectivity index is 1.83. The molecule has 0 amide bonds. The second kappa shape index (κ2) is 7.54. The molecule has 0 bridgehead atoms. The van der Waals surface area contributed by atoms with Crippen molar-refractivity contribution in [2.75, 3.05) is 10.6 Å². The van der Waals surface area contributed by atoms with Gasteiger partial charge in [0.15, 0.2) is 5.78 Å². The lowest BCUT2D eigenvalue weighted by atomic mass is 10.1. The minimum Gasteiger partial charge on any atom is -0.339 e. The normalized spacial score (nSPS) is 10.5. The van der Waals surface area contributed by atoms with E-state index < -0.39 is 0 Å². The average molecular weight is 367 g/mol. The van der Waals surface area contributed by atoms with Gasteiger partial charge in [-0.2, -0.15) is 4.98 Å². The third-order valence-electron chi connectivity index (χ3n) is 3.87. The highest BCUT2D eigenvalue weighted by Gasteiger charge is 2.08. The molecule has 0 atom stereocenters. The summed E-state index contributed by atoms with van der Waals surface area (Å²) in [6.45, 7) is 5.53. The average Bonchev–Trinajstić information content (AvgIpc) is 2.58. The van der Waals surface area contributed by atoms with Crippen LogP contribution in [0.4, 0.5) is 23.1 Å². The predicted molar refractivity (Wildman–Crippen MR) is 106 cm³/mol. The number of hydrogen-bond acceptors (Lipinski definition) is 5. The van der Waals surface area contributed by atoms with Crippen molar-refractivity contribution in [1.29, 1.82) is 0 Å². The fourth-order valence-corrected chi connectivity index (χ4v) is 3.00. The molecule has 0 aliphatic rings. The predicted octanol–water partition coefficient (Wildman–Crippen LogP) is 5.44. The Hall–Kier alpha value is -2.92. The zero-order chi connectivity index (χ0) is 18.7. The number of Topliss-reactive ketones (excluding diaryl/α,β-unsaturated/α-hetero) is 1. The Kier molecular flexibility index (Phi) is 5.19. The van der Waals surface area contributed by atoms with E-state index in [2.05, 4.69) is 26.7 Å². The van der Waals surface area contributed by atoms with Crippen molar-refractivity contribution in [2.24, 2.45) is 0 Å². The van der Waals surface area contributed by atoms with E-state index in [0.29, 0.717) is 22.4 Å². The van der Waals surface area contributed by atoms with Gasteiger partial charge >= 0.3 is 0 Å². The van der Waals surface area contributed by atoms with Gasteiger partial charge < -0.3 is 10.6 Å². The molecule has 26 heavy (non-hydrogen) atoms. The summed E-state index contributed by atoms with van der Waals surface area (Å²) in [5.74, 6) is 1.06. The van der Waals surface area contributed by atoms with E-state index in [9.17, 15) is 4.79 Å². The van der Waals surface area contributed by atoms with E-state index in [0.717, 1.165) is 22.5 Å². The number of nitrogens with zero attached hydrogens (tertiary/aromatic N) is 2. The lowest BCUT2D eigenvalue weighted by Gasteiger charge is -2.13. The Morgan fingerprint density at radius 1 is 1.08 bits per heavy atom. The highest BCUT2D eigenvalue weighted by Crippen LogP contribution is 2.30. The Bertz CT molecular complexity index is 949. The fraction of sp³-hybridized carbons (Fsp3) is 0.150. The van der Waals surface area contributed by atoms with Gasteiger partial charge in [-0.15, -0.1) is 0 Å². The number of nitrogens with one attached hydrogen (secondary N) is 2. The molecule has 0 unspecified atom stereocenters. The van der Waals surface area contributed by atoms with Crippen molar-refractivity contribution >= 4 is 40.5 Å². The lowest BCUT2D eigenvalue weighted by molar-refractivity contribution is 0.101. The first-order valence-corrected chi connectivity index (χ1v) is 8.55. The largest absolute Gasteiger partial charge is 0.339 e. The van der Waals surface area contributed by atoms with Crippen LogP contribution in [0, 0.1) is 13.8 Å². The van der Waals surface area contributed by atoms with Crippen LogP contribution in [-0.4, -0.2) is 15.8 Å². The summed E-state index contributed by atoms with van der Waals surface area (Å²) in [5, 5.41) is 7.01. The summed E-state index contributed by atoms with van der Waals surface area (Å²) in [6, 6.07) is 13.0. The number of anilines is 4. The van der Waals surface area contributed by atoms with Crippen LogP contribution in [0.1, 0.15) is 28.4 Å². The first kappa shape index (κ1) is 17.9. The van der Waals surface area contributed by atoms with Gasteiger partial charge in [0, 0.05) is 17.4 Å². The van der Waals surface area contributed by atoms with E-state index >= 15 is 0 Å². The minimum atomic E-state index is 0.00877. The number of carbonyl (C=O) groups excluding carboxylic acids is 1. The summed E-state index contributed by atoms with van der Waals surface area (Å²) in [4.78, 5) is 20.2. The molecule has 1 heterocycles. The molecule has 1 aromatic heterocycles. The first-order chi connectivity index (χ1) is 12.4. The molecule has 3 rings (SSSR count). The zero-order valence-electron chi connectivity index (χ0n) is 14.8. The number of carbonyl (C=O) groups is 1. The molecule has 2 aromatic carbocycles. The summed E-state index contributed by atoms with van der Waals surface area (Å²) >= 11 is 6.35. The summed E-state index contributed by atoms with van der Waals surface area (Å²) in [6.07, 6.45) is 1.66. The van der Waals surface area contributed by atoms with Crippen LogP contribution in [0.25, 0.3) is 0 Å². The maximum absolute atomic E-state index is 11.5. The van der Waals surface area contributed by atoms with E-state index in [4.69, 9.17) is 11.6 Å². The molecule has 0 saturated carbocycles. The zero-order valence-corrected chi connectivity index (χ0v) is 15.6. The van der Waals surface area contributed by atoms with E-state index in [-0.39, 0.29) is 5.78 Å². The van der Waals surface area contributed by atoms with Gasteiger partial charge in [-0.3, -0.25) is 4.79 Å². The van der Waals surface area contributed by atoms with Crippen LogP contribution in [0.2, 0.25) is 5.02 Å². The van der Waals surface area contributed by atoms with Gasteiger partial charge in [-0.25, -0.2) is 4.98 Å². The van der Waals surface area contributed by atoms with Gasteiger partial charge in [0.05, 0.1) is 10.7 Å². The number of hydrogen-bond donors (Lipinski definition) is 2. The van der Waals surface area contributed by atoms with Crippen molar-refractivity contribution < 1.29 is 4.79 Å².